The van der Waals surface area contributed by atoms with Crippen molar-refractivity contribution in [3.8, 4) is 0 Å². The average molecular weight is 164 g/mol. The Kier molecular flexibility index (Phi) is 3.52. The predicted molar refractivity (Wildman–Crippen MR) is 37.8 cm³/mol. The molecule has 0 fully saturated rings. The van der Waals surface area contributed by atoms with Gasteiger partial charge in [-0.05, 0) is 13.8 Å². The van der Waals surface area contributed by atoms with Crippen molar-refractivity contribution >= 4 is 16.3 Å². The van der Waals surface area contributed by atoms with Crippen LogP contribution in [-0.2, 0) is 14.8 Å². The molecule has 10 heavy (non-hydrogen) atoms. The molecule has 0 aromatic heterocycles. The lowest BCUT2D eigenvalue weighted by molar-refractivity contribution is 0.534. The predicted octanol–water partition coefficient (Wildman–Crippen LogP) is -0.576. The van der Waals surface area contributed by atoms with Gasteiger partial charge in [-0.15, -0.1) is 0 Å². The zero-order valence-electron chi connectivity index (χ0n) is 5.92. The summed E-state index contributed by atoms with van der Waals surface area (Å²) >= 11 is 0. The zero-order chi connectivity index (χ0) is 8.20. The van der Waals surface area contributed by atoms with Gasteiger partial charge in [-0.25, -0.2) is 13.1 Å². The summed E-state index contributed by atoms with van der Waals surface area (Å²) in [7, 11) is -3.24. The Balaban J connectivity index is 4.02. The Morgan fingerprint density at radius 1 is 1.60 bits per heavy atom. The van der Waals surface area contributed by atoms with E-state index in [-0.39, 0.29) is 5.75 Å². The molecule has 1 N–H and O–H groups in total. The largest absolute Gasteiger partial charge is 0.289 e. The molecule has 0 bridgehead atoms. The van der Waals surface area contributed by atoms with E-state index in [1.807, 2.05) is 0 Å². The molecule has 0 aromatic rings. The maximum absolute atomic E-state index is 10.7. The first-order valence-electron chi connectivity index (χ1n) is 2.89. The SMILES string of the molecule is CCS(=O)(=O)N[C@@H](C)[C]=O. The summed E-state index contributed by atoms with van der Waals surface area (Å²) in [6.07, 6.45) is 1.52. The van der Waals surface area contributed by atoms with Crippen LogP contribution in [-0.4, -0.2) is 26.5 Å². The van der Waals surface area contributed by atoms with Crippen LogP contribution < -0.4 is 4.72 Å². The first-order chi connectivity index (χ1) is 4.52. The topological polar surface area (TPSA) is 63.2 Å². The second-order valence-corrected chi connectivity index (χ2v) is 3.90. The maximum atomic E-state index is 10.7. The van der Waals surface area contributed by atoms with E-state index in [1.165, 1.54) is 20.1 Å². The highest BCUT2D eigenvalue weighted by Crippen LogP contribution is 1.84. The number of sulfonamides is 1. The van der Waals surface area contributed by atoms with Gasteiger partial charge in [0.05, 0.1) is 11.8 Å². The molecular weight excluding hydrogens is 154 g/mol. The molecule has 5 heteroatoms. The van der Waals surface area contributed by atoms with Crippen molar-refractivity contribution in [3.05, 3.63) is 0 Å². The standard InChI is InChI=1S/C5H10NO3S/c1-3-10(8,9)6-5(2)4-7/h5-6H,3H2,1-2H3/t5-/m0/s1. The van der Waals surface area contributed by atoms with Gasteiger partial charge in [0.1, 0.15) is 0 Å². The molecule has 0 aliphatic heterocycles. The van der Waals surface area contributed by atoms with Crippen LogP contribution in [0.4, 0.5) is 0 Å². The van der Waals surface area contributed by atoms with Crippen molar-refractivity contribution < 1.29 is 13.2 Å². The molecule has 4 nitrogen and oxygen atoms in total. The van der Waals surface area contributed by atoms with Crippen LogP contribution in [0.5, 0.6) is 0 Å². The Morgan fingerprint density at radius 3 is 2.40 bits per heavy atom. The minimum Gasteiger partial charge on any atom is -0.289 e. The molecular formula is C5H10NO3S. The summed E-state index contributed by atoms with van der Waals surface area (Å²) in [5.41, 5.74) is 0. The molecule has 0 unspecified atom stereocenters. The minimum absolute atomic E-state index is 0.0149. The Morgan fingerprint density at radius 2 is 2.10 bits per heavy atom. The van der Waals surface area contributed by atoms with E-state index >= 15 is 0 Å². The summed E-state index contributed by atoms with van der Waals surface area (Å²) in [6.45, 7) is 2.93. The molecule has 1 radical (unpaired) electrons. The summed E-state index contributed by atoms with van der Waals surface area (Å²) < 4.78 is 23.5. The molecule has 0 heterocycles. The molecule has 0 spiro atoms. The molecule has 0 rings (SSSR count). The van der Waals surface area contributed by atoms with Crippen LogP contribution in [0.3, 0.4) is 0 Å². The van der Waals surface area contributed by atoms with E-state index in [9.17, 15) is 13.2 Å². The van der Waals surface area contributed by atoms with Crippen LogP contribution in [0.15, 0.2) is 0 Å². The van der Waals surface area contributed by atoms with Gasteiger partial charge in [0, 0.05) is 0 Å². The molecule has 0 aliphatic rings. The van der Waals surface area contributed by atoms with Crippen molar-refractivity contribution in [3.63, 3.8) is 0 Å². The molecule has 0 aliphatic carbocycles. The maximum Gasteiger partial charge on any atom is 0.217 e. The van der Waals surface area contributed by atoms with Gasteiger partial charge in [0.2, 0.25) is 16.3 Å². The molecule has 1 atom stereocenters. The third-order valence-corrected chi connectivity index (χ3v) is 2.39. The summed E-state index contributed by atoms with van der Waals surface area (Å²) in [5.74, 6) is -0.0149. The van der Waals surface area contributed by atoms with E-state index in [0.29, 0.717) is 0 Å². The fourth-order valence-electron chi connectivity index (χ4n) is 0.377. The van der Waals surface area contributed by atoms with E-state index < -0.39 is 16.1 Å². The molecule has 59 valence electrons. The fraction of sp³-hybridized carbons (Fsp3) is 0.800. The number of hydrogen-bond acceptors (Lipinski definition) is 3. The normalized spacial score (nSPS) is 14.6. The third-order valence-electron chi connectivity index (χ3n) is 0.913. The zero-order valence-corrected chi connectivity index (χ0v) is 6.73. The van der Waals surface area contributed by atoms with Crippen molar-refractivity contribution in [2.24, 2.45) is 0 Å². The first kappa shape index (κ1) is 9.58. The lowest BCUT2D eigenvalue weighted by Crippen LogP contribution is -2.34. The van der Waals surface area contributed by atoms with E-state index in [1.54, 1.807) is 0 Å². The summed E-state index contributed by atoms with van der Waals surface area (Å²) in [4.78, 5) is 9.85. The summed E-state index contributed by atoms with van der Waals surface area (Å²) in [5, 5.41) is 0. The lowest BCUT2D eigenvalue weighted by atomic mass is 10.4. The number of rotatable bonds is 4. The highest BCUT2D eigenvalue weighted by Gasteiger charge is 2.10. The van der Waals surface area contributed by atoms with E-state index in [2.05, 4.69) is 4.72 Å². The van der Waals surface area contributed by atoms with E-state index in [4.69, 9.17) is 0 Å². The Bertz CT molecular complexity index is 197. The fourth-order valence-corrected chi connectivity index (χ4v) is 1.13. The van der Waals surface area contributed by atoms with Crippen LogP contribution in [0, 0.1) is 0 Å². The number of hydrogen-bond donors (Lipinski definition) is 1. The number of nitrogens with one attached hydrogen (secondary N) is 1. The van der Waals surface area contributed by atoms with Gasteiger partial charge in [-0.1, -0.05) is 0 Å². The minimum atomic E-state index is -3.24. The monoisotopic (exact) mass is 164 g/mol. The molecule has 0 saturated heterocycles. The van der Waals surface area contributed by atoms with Gasteiger partial charge in [-0.2, -0.15) is 0 Å². The van der Waals surface area contributed by atoms with Crippen LogP contribution in [0.1, 0.15) is 13.8 Å². The van der Waals surface area contributed by atoms with Gasteiger partial charge >= 0.3 is 0 Å². The van der Waals surface area contributed by atoms with Crippen molar-refractivity contribution in [1.29, 1.82) is 0 Å². The smallest absolute Gasteiger partial charge is 0.217 e. The lowest BCUT2D eigenvalue weighted by Gasteiger charge is -2.03. The van der Waals surface area contributed by atoms with Crippen LogP contribution in [0.25, 0.3) is 0 Å². The third kappa shape index (κ3) is 3.58. The van der Waals surface area contributed by atoms with Crippen LogP contribution >= 0.6 is 0 Å². The van der Waals surface area contributed by atoms with E-state index in [0.717, 1.165) is 0 Å². The van der Waals surface area contributed by atoms with Gasteiger partial charge < -0.3 is 0 Å². The molecule has 0 amide bonds. The Labute approximate surface area is 60.7 Å². The second-order valence-electron chi connectivity index (χ2n) is 1.86. The van der Waals surface area contributed by atoms with Crippen molar-refractivity contribution in [2.75, 3.05) is 5.75 Å². The number of carbonyl (C=O) groups excluding carboxylic acids is 1. The quantitative estimate of drug-likeness (QED) is 0.605. The van der Waals surface area contributed by atoms with Crippen LogP contribution in [0.2, 0.25) is 0 Å². The highest BCUT2D eigenvalue weighted by molar-refractivity contribution is 7.89. The van der Waals surface area contributed by atoms with Crippen molar-refractivity contribution in [2.45, 2.75) is 19.9 Å². The van der Waals surface area contributed by atoms with Gasteiger partial charge in [-0.3, -0.25) is 4.79 Å². The molecule has 0 saturated carbocycles. The first-order valence-corrected chi connectivity index (χ1v) is 4.54. The second kappa shape index (κ2) is 3.68. The molecule has 0 aromatic carbocycles. The summed E-state index contributed by atoms with van der Waals surface area (Å²) in [6, 6.07) is -0.745. The van der Waals surface area contributed by atoms with Crippen molar-refractivity contribution in [1.82, 2.24) is 4.72 Å². The Hall–Kier alpha value is -0.420. The average Bonchev–Trinajstić information content (AvgIpc) is 1.87. The van der Waals surface area contributed by atoms with Gasteiger partial charge in [0.25, 0.3) is 0 Å². The highest BCUT2D eigenvalue weighted by atomic mass is 32.2. The van der Waals surface area contributed by atoms with Gasteiger partial charge in [0.15, 0.2) is 0 Å².